The molecule has 0 fully saturated rings. The van der Waals surface area contributed by atoms with E-state index in [2.05, 4.69) is 0 Å². The zero-order valence-corrected chi connectivity index (χ0v) is 6.20. The van der Waals surface area contributed by atoms with Gasteiger partial charge < -0.3 is 10.5 Å². The third-order valence-electron chi connectivity index (χ3n) is 0.783. The lowest BCUT2D eigenvalue weighted by Crippen LogP contribution is -2.19. The topological polar surface area (TPSA) is 35.2 Å². The molecule has 0 rings (SSSR count). The zero-order valence-electron chi connectivity index (χ0n) is 5.39. The molecule has 0 aromatic heterocycles. The molecule has 0 saturated carbocycles. The van der Waals surface area contributed by atoms with E-state index >= 15 is 0 Å². The number of halogens is 1. The highest BCUT2D eigenvalue weighted by atomic mass is 35.5. The first-order valence-electron chi connectivity index (χ1n) is 2.63. The van der Waals surface area contributed by atoms with Crippen LogP contribution in [-0.2, 0) is 4.74 Å². The summed E-state index contributed by atoms with van der Waals surface area (Å²) >= 11 is 0. The molecule has 3 heteroatoms. The molecule has 0 amide bonds. The Labute approximate surface area is 56.8 Å². The van der Waals surface area contributed by atoms with Gasteiger partial charge in [0, 0.05) is 13.2 Å². The van der Waals surface area contributed by atoms with Crippen molar-refractivity contribution in [1.29, 1.82) is 0 Å². The maximum Gasteiger partial charge on any atom is 0.0669 e. The van der Waals surface area contributed by atoms with Crippen molar-refractivity contribution in [3.63, 3.8) is 0 Å². The van der Waals surface area contributed by atoms with Gasteiger partial charge in [0.25, 0.3) is 0 Å². The van der Waals surface area contributed by atoms with E-state index in [1.54, 1.807) is 0 Å². The van der Waals surface area contributed by atoms with Gasteiger partial charge in [-0.05, 0) is 13.8 Å². The molecule has 0 bridgehead atoms. The van der Waals surface area contributed by atoms with E-state index in [4.69, 9.17) is 10.5 Å². The van der Waals surface area contributed by atoms with E-state index in [1.165, 1.54) is 0 Å². The highest BCUT2D eigenvalue weighted by Crippen LogP contribution is 1.83. The van der Waals surface area contributed by atoms with Crippen molar-refractivity contribution in [2.24, 2.45) is 5.73 Å². The first-order chi connectivity index (χ1) is 3.31. The van der Waals surface area contributed by atoms with Gasteiger partial charge in [0.1, 0.15) is 0 Å². The lowest BCUT2D eigenvalue weighted by Gasteiger charge is -2.05. The molecule has 0 radical (unpaired) electrons. The summed E-state index contributed by atoms with van der Waals surface area (Å²) in [5, 5.41) is 0. The highest BCUT2D eigenvalue weighted by Gasteiger charge is 1.92. The summed E-state index contributed by atoms with van der Waals surface area (Å²) in [5.41, 5.74) is 5.23. The molecule has 0 aliphatic heterocycles. The second-order valence-electron chi connectivity index (χ2n) is 1.50. The minimum Gasteiger partial charge on any atom is -0.377 e. The molecule has 1 atom stereocenters. The Bertz CT molecular complexity index is 43.4. The molecular formula is C5H14ClNO. The van der Waals surface area contributed by atoms with Crippen LogP contribution in [0.5, 0.6) is 0 Å². The van der Waals surface area contributed by atoms with Gasteiger partial charge in [0.2, 0.25) is 0 Å². The monoisotopic (exact) mass is 139 g/mol. The molecule has 0 aromatic rings. The molecule has 2 N–H and O–H groups in total. The fraction of sp³-hybridized carbons (Fsp3) is 1.00. The van der Waals surface area contributed by atoms with Gasteiger partial charge in [-0.3, -0.25) is 0 Å². The number of ether oxygens (including phenoxy) is 1. The van der Waals surface area contributed by atoms with Gasteiger partial charge in [0.15, 0.2) is 0 Å². The standard InChI is InChI=1S/C5H13NO.ClH/c1-3-7-5(2)4-6;/h5H,3-4,6H2,1-2H3;1H/t5-;/m0./s1. The SMILES string of the molecule is CCO[C@@H](C)CN.Cl. The lowest BCUT2D eigenvalue weighted by atomic mass is 10.4. The normalized spacial score (nSPS) is 12.4. The van der Waals surface area contributed by atoms with E-state index < -0.39 is 0 Å². The van der Waals surface area contributed by atoms with Crippen LogP contribution in [0.15, 0.2) is 0 Å². The molecule has 0 unspecified atom stereocenters. The largest absolute Gasteiger partial charge is 0.377 e. The van der Waals surface area contributed by atoms with Crippen molar-refractivity contribution < 1.29 is 4.74 Å². The van der Waals surface area contributed by atoms with E-state index in [-0.39, 0.29) is 18.5 Å². The summed E-state index contributed by atoms with van der Waals surface area (Å²) in [6, 6.07) is 0. The van der Waals surface area contributed by atoms with Gasteiger partial charge in [-0.1, -0.05) is 0 Å². The maximum atomic E-state index is 5.23. The minimum atomic E-state index is 0. The Morgan fingerprint density at radius 3 is 2.25 bits per heavy atom. The highest BCUT2D eigenvalue weighted by molar-refractivity contribution is 5.85. The smallest absolute Gasteiger partial charge is 0.0669 e. The van der Waals surface area contributed by atoms with Crippen molar-refractivity contribution in [1.82, 2.24) is 0 Å². The minimum absolute atomic E-state index is 0. The van der Waals surface area contributed by atoms with Crippen LogP contribution in [0, 0.1) is 0 Å². The van der Waals surface area contributed by atoms with Crippen molar-refractivity contribution in [2.75, 3.05) is 13.2 Å². The van der Waals surface area contributed by atoms with Crippen LogP contribution in [0.1, 0.15) is 13.8 Å². The number of hydrogen-bond acceptors (Lipinski definition) is 2. The Hall–Kier alpha value is 0.210. The van der Waals surface area contributed by atoms with Crippen LogP contribution in [-0.4, -0.2) is 19.3 Å². The fourth-order valence-corrected chi connectivity index (χ4v) is 0.353. The third kappa shape index (κ3) is 6.21. The van der Waals surface area contributed by atoms with Gasteiger partial charge in [0.05, 0.1) is 6.10 Å². The molecule has 0 saturated heterocycles. The Morgan fingerprint density at radius 2 is 2.12 bits per heavy atom. The second kappa shape index (κ2) is 7.21. The Balaban J connectivity index is 0. The van der Waals surface area contributed by atoms with E-state index in [0.29, 0.717) is 6.54 Å². The number of nitrogens with two attached hydrogens (primary N) is 1. The molecular weight excluding hydrogens is 126 g/mol. The average Bonchev–Trinajstić information content (AvgIpc) is 1.68. The van der Waals surface area contributed by atoms with Gasteiger partial charge in [-0.25, -0.2) is 0 Å². The second-order valence-corrected chi connectivity index (χ2v) is 1.50. The van der Waals surface area contributed by atoms with Crippen molar-refractivity contribution in [3.05, 3.63) is 0 Å². The molecule has 2 nitrogen and oxygen atoms in total. The summed E-state index contributed by atoms with van der Waals surface area (Å²) in [4.78, 5) is 0. The predicted molar refractivity (Wildman–Crippen MR) is 37.4 cm³/mol. The third-order valence-corrected chi connectivity index (χ3v) is 0.783. The average molecular weight is 140 g/mol. The molecule has 0 heterocycles. The van der Waals surface area contributed by atoms with Gasteiger partial charge in [-0.15, -0.1) is 12.4 Å². The lowest BCUT2D eigenvalue weighted by molar-refractivity contribution is 0.0826. The molecule has 0 aliphatic rings. The van der Waals surface area contributed by atoms with Crippen molar-refractivity contribution in [3.8, 4) is 0 Å². The molecule has 0 spiro atoms. The first-order valence-corrected chi connectivity index (χ1v) is 2.63. The summed E-state index contributed by atoms with van der Waals surface area (Å²) < 4.78 is 5.07. The molecule has 0 aromatic carbocycles. The Morgan fingerprint density at radius 1 is 1.62 bits per heavy atom. The molecule has 0 aliphatic carbocycles. The number of hydrogen-bond donors (Lipinski definition) is 1. The van der Waals surface area contributed by atoms with Crippen LogP contribution < -0.4 is 5.73 Å². The maximum absolute atomic E-state index is 5.23. The van der Waals surface area contributed by atoms with Crippen LogP contribution in [0.25, 0.3) is 0 Å². The van der Waals surface area contributed by atoms with E-state index in [9.17, 15) is 0 Å². The summed E-state index contributed by atoms with van der Waals surface area (Å²) in [6.07, 6.45) is 0.227. The predicted octanol–water partition coefficient (Wildman–Crippen LogP) is 0.792. The summed E-state index contributed by atoms with van der Waals surface area (Å²) in [6.45, 7) is 5.31. The van der Waals surface area contributed by atoms with Crippen LogP contribution >= 0.6 is 12.4 Å². The first kappa shape index (κ1) is 11.1. The summed E-state index contributed by atoms with van der Waals surface area (Å²) in [5.74, 6) is 0. The van der Waals surface area contributed by atoms with Gasteiger partial charge >= 0.3 is 0 Å². The molecule has 8 heavy (non-hydrogen) atoms. The fourth-order valence-electron chi connectivity index (χ4n) is 0.353. The van der Waals surface area contributed by atoms with Crippen LogP contribution in [0.4, 0.5) is 0 Å². The van der Waals surface area contributed by atoms with E-state index in [0.717, 1.165) is 6.61 Å². The molecule has 52 valence electrons. The van der Waals surface area contributed by atoms with Crippen LogP contribution in [0.2, 0.25) is 0 Å². The zero-order chi connectivity index (χ0) is 5.70. The van der Waals surface area contributed by atoms with Crippen molar-refractivity contribution in [2.45, 2.75) is 20.0 Å². The van der Waals surface area contributed by atoms with E-state index in [1.807, 2.05) is 13.8 Å². The quantitative estimate of drug-likeness (QED) is 0.628. The Kier molecular flexibility index (Phi) is 9.97. The van der Waals surface area contributed by atoms with Crippen molar-refractivity contribution >= 4 is 12.4 Å². The van der Waals surface area contributed by atoms with Gasteiger partial charge in [-0.2, -0.15) is 0 Å². The van der Waals surface area contributed by atoms with Crippen LogP contribution in [0.3, 0.4) is 0 Å². The number of rotatable bonds is 3. The summed E-state index contributed by atoms with van der Waals surface area (Å²) in [7, 11) is 0.